The molecule has 5 rings (SSSR count). The molecule has 0 saturated heterocycles. The molecule has 0 amide bonds. The topological polar surface area (TPSA) is 75.0 Å². The number of hydrogen-bond acceptors (Lipinski definition) is 8. The minimum atomic E-state index is -0.294. The summed E-state index contributed by atoms with van der Waals surface area (Å²) in [6.07, 6.45) is 3.25. The van der Waals surface area contributed by atoms with Gasteiger partial charge in [0, 0.05) is 16.7 Å². The van der Waals surface area contributed by atoms with E-state index in [1.54, 1.807) is 53.2 Å². The molecule has 0 aliphatic carbocycles. The van der Waals surface area contributed by atoms with Gasteiger partial charge < -0.3 is 9.47 Å². The zero-order valence-electron chi connectivity index (χ0n) is 18.4. The smallest absolute Gasteiger partial charge is 0.167 e. The molecular formula is C24H20FN5O2S2. The number of benzene rings is 2. The van der Waals surface area contributed by atoms with Crippen LogP contribution in [0.15, 0.2) is 65.4 Å². The summed E-state index contributed by atoms with van der Waals surface area (Å²) >= 11 is 3.16. The van der Waals surface area contributed by atoms with Crippen LogP contribution in [0.4, 0.5) is 4.39 Å². The van der Waals surface area contributed by atoms with Crippen molar-refractivity contribution in [1.82, 2.24) is 24.7 Å². The Morgan fingerprint density at radius 2 is 1.94 bits per heavy atom. The molecular weight excluding hydrogens is 473 g/mol. The standard InChI is InChI=1S/C24H20FN5O2S2/c1-3-32-20-9-4-15(10-21(20)31-2)23-29-17(12-33-23)13-34-24-19-11-28-30(22(19)26-14-27-24)18-7-5-16(25)6-8-18/h4-12,14H,3,13H2,1-2H3. The van der Waals surface area contributed by atoms with E-state index in [1.807, 2.05) is 30.5 Å². The summed E-state index contributed by atoms with van der Waals surface area (Å²) < 4.78 is 26.0. The molecule has 0 radical (unpaired) electrons. The number of rotatable bonds is 8. The van der Waals surface area contributed by atoms with Crippen LogP contribution in [-0.4, -0.2) is 38.4 Å². The monoisotopic (exact) mass is 493 g/mol. The maximum atomic E-state index is 13.3. The van der Waals surface area contributed by atoms with Gasteiger partial charge in [-0.25, -0.2) is 24.0 Å². The van der Waals surface area contributed by atoms with E-state index in [0.29, 0.717) is 23.8 Å². The molecule has 34 heavy (non-hydrogen) atoms. The lowest BCUT2D eigenvalue weighted by molar-refractivity contribution is 0.311. The average Bonchev–Trinajstić information content (AvgIpc) is 3.51. The molecule has 10 heteroatoms. The van der Waals surface area contributed by atoms with Crippen LogP contribution in [0.25, 0.3) is 27.3 Å². The van der Waals surface area contributed by atoms with Gasteiger partial charge in [-0.3, -0.25) is 0 Å². The van der Waals surface area contributed by atoms with Crippen LogP contribution in [0.1, 0.15) is 12.6 Å². The normalized spacial score (nSPS) is 11.1. The highest BCUT2D eigenvalue weighted by Gasteiger charge is 2.14. The first-order valence-corrected chi connectivity index (χ1v) is 12.4. The van der Waals surface area contributed by atoms with Gasteiger partial charge >= 0.3 is 0 Å². The SMILES string of the molecule is CCOc1ccc(-c2nc(CSc3ncnc4c3cnn4-c3ccc(F)cc3)cs2)cc1OC. The van der Waals surface area contributed by atoms with Gasteiger partial charge in [0.25, 0.3) is 0 Å². The van der Waals surface area contributed by atoms with Crippen LogP contribution in [0, 0.1) is 5.82 Å². The van der Waals surface area contributed by atoms with Crippen LogP contribution >= 0.6 is 23.1 Å². The van der Waals surface area contributed by atoms with Gasteiger partial charge in [-0.05, 0) is 49.4 Å². The van der Waals surface area contributed by atoms with Gasteiger partial charge in [0.2, 0.25) is 0 Å². The third-order valence-electron chi connectivity index (χ3n) is 5.02. The van der Waals surface area contributed by atoms with E-state index < -0.39 is 0 Å². The van der Waals surface area contributed by atoms with Crippen molar-refractivity contribution >= 4 is 34.1 Å². The molecule has 0 atom stereocenters. The Bertz CT molecular complexity index is 1440. The highest BCUT2D eigenvalue weighted by atomic mass is 32.2. The number of hydrogen-bond donors (Lipinski definition) is 0. The van der Waals surface area contributed by atoms with Gasteiger partial charge in [0.05, 0.1) is 36.7 Å². The molecule has 0 spiro atoms. The Hall–Kier alpha value is -3.50. The van der Waals surface area contributed by atoms with Crippen molar-refractivity contribution in [2.45, 2.75) is 17.7 Å². The summed E-state index contributed by atoms with van der Waals surface area (Å²) in [4.78, 5) is 13.6. The molecule has 0 aliphatic rings. The molecule has 0 N–H and O–H groups in total. The van der Waals surface area contributed by atoms with Crippen molar-refractivity contribution in [3.05, 3.63) is 71.9 Å². The van der Waals surface area contributed by atoms with Crippen molar-refractivity contribution in [2.75, 3.05) is 13.7 Å². The fourth-order valence-corrected chi connectivity index (χ4v) is 5.21. The lowest BCUT2D eigenvalue weighted by Gasteiger charge is -2.09. The van der Waals surface area contributed by atoms with E-state index in [4.69, 9.17) is 14.5 Å². The first-order chi connectivity index (χ1) is 16.7. The minimum absolute atomic E-state index is 0.294. The Labute approximate surface area is 203 Å². The zero-order valence-corrected chi connectivity index (χ0v) is 20.1. The van der Waals surface area contributed by atoms with Gasteiger partial charge in [-0.1, -0.05) is 11.8 Å². The number of ether oxygens (including phenoxy) is 2. The molecule has 0 saturated carbocycles. The second-order valence-corrected chi connectivity index (χ2v) is 9.00. The van der Waals surface area contributed by atoms with Crippen LogP contribution in [0.5, 0.6) is 11.5 Å². The summed E-state index contributed by atoms with van der Waals surface area (Å²) in [5.41, 5.74) is 3.34. The molecule has 2 aromatic carbocycles. The first kappa shape index (κ1) is 22.3. The van der Waals surface area contributed by atoms with Gasteiger partial charge in [-0.2, -0.15) is 5.10 Å². The Kier molecular flexibility index (Phi) is 6.41. The average molecular weight is 494 g/mol. The Morgan fingerprint density at radius 1 is 1.09 bits per heavy atom. The zero-order chi connectivity index (χ0) is 23.5. The number of nitrogens with zero attached hydrogens (tertiary/aromatic N) is 5. The van der Waals surface area contributed by atoms with E-state index >= 15 is 0 Å². The Balaban J connectivity index is 1.34. The highest BCUT2D eigenvalue weighted by molar-refractivity contribution is 7.98. The second-order valence-electron chi connectivity index (χ2n) is 7.18. The fraction of sp³-hybridized carbons (Fsp3) is 0.167. The third-order valence-corrected chi connectivity index (χ3v) is 7.00. The number of thioether (sulfide) groups is 1. The maximum Gasteiger partial charge on any atom is 0.167 e. The molecule has 3 heterocycles. The number of fused-ring (bicyclic) bond motifs is 1. The summed E-state index contributed by atoms with van der Waals surface area (Å²) in [6.45, 7) is 2.52. The summed E-state index contributed by atoms with van der Waals surface area (Å²) in [5.74, 6) is 1.76. The minimum Gasteiger partial charge on any atom is -0.493 e. The second kappa shape index (κ2) is 9.78. The number of thiazole rings is 1. The maximum absolute atomic E-state index is 13.3. The van der Waals surface area contributed by atoms with Gasteiger partial charge in [0.15, 0.2) is 17.1 Å². The predicted octanol–water partition coefficient (Wildman–Crippen LogP) is 5.78. The van der Waals surface area contributed by atoms with E-state index in [0.717, 1.165) is 38.1 Å². The van der Waals surface area contributed by atoms with Crippen molar-refractivity contribution in [2.24, 2.45) is 0 Å². The lowest BCUT2D eigenvalue weighted by Crippen LogP contribution is -1.98. The van der Waals surface area contributed by atoms with E-state index in [2.05, 4.69) is 15.1 Å². The van der Waals surface area contributed by atoms with Crippen molar-refractivity contribution < 1.29 is 13.9 Å². The van der Waals surface area contributed by atoms with Crippen LogP contribution in [-0.2, 0) is 5.75 Å². The summed E-state index contributed by atoms with van der Waals surface area (Å²) in [5, 5.41) is 9.04. The lowest BCUT2D eigenvalue weighted by atomic mass is 10.2. The Morgan fingerprint density at radius 3 is 2.74 bits per heavy atom. The number of methoxy groups -OCH3 is 1. The predicted molar refractivity (Wildman–Crippen MR) is 131 cm³/mol. The molecule has 5 aromatic rings. The molecule has 0 unspecified atom stereocenters. The quantitative estimate of drug-likeness (QED) is 0.200. The molecule has 7 nitrogen and oxygen atoms in total. The van der Waals surface area contributed by atoms with Crippen LogP contribution in [0.2, 0.25) is 0 Å². The molecule has 172 valence electrons. The number of aromatic nitrogens is 5. The van der Waals surface area contributed by atoms with E-state index in [-0.39, 0.29) is 5.82 Å². The van der Waals surface area contributed by atoms with Gasteiger partial charge in [-0.15, -0.1) is 11.3 Å². The largest absolute Gasteiger partial charge is 0.493 e. The molecule has 0 aliphatic heterocycles. The molecule has 0 fully saturated rings. The van der Waals surface area contributed by atoms with Crippen molar-refractivity contribution in [3.8, 4) is 27.8 Å². The van der Waals surface area contributed by atoms with Crippen molar-refractivity contribution in [1.29, 1.82) is 0 Å². The summed E-state index contributed by atoms with van der Waals surface area (Å²) in [6, 6.07) is 12.0. The number of halogens is 1. The molecule has 3 aromatic heterocycles. The van der Waals surface area contributed by atoms with Crippen LogP contribution in [0.3, 0.4) is 0 Å². The summed E-state index contributed by atoms with van der Waals surface area (Å²) in [7, 11) is 1.63. The molecule has 0 bridgehead atoms. The van der Waals surface area contributed by atoms with Crippen LogP contribution < -0.4 is 9.47 Å². The van der Waals surface area contributed by atoms with E-state index in [1.165, 1.54) is 18.5 Å². The highest BCUT2D eigenvalue weighted by Crippen LogP contribution is 2.35. The third kappa shape index (κ3) is 4.46. The van der Waals surface area contributed by atoms with Gasteiger partial charge in [0.1, 0.15) is 22.2 Å². The fourth-order valence-electron chi connectivity index (χ4n) is 3.43. The van der Waals surface area contributed by atoms with Crippen molar-refractivity contribution in [3.63, 3.8) is 0 Å². The first-order valence-electron chi connectivity index (χ1n) is 10.5. The van der Waals surface area contributed by atoms with E-state index in [9.17, 15) is 4.39 Å².